The van der Waals surface area contributed by atoms with Crippen LogP contribution in [0.3, 0.4) is 0 Å². The molecule has 0 amide bonds. The molecule has 2 aliphatic heterocycles. The molecule has 0 saturated carbocycles. The number of fused-ring (bicyclic) bond motifs is 2. The van der Waals surface area contributed by atoms with Crippen molar-refractivity contribution >= 4 is 0 Å². The second-order valence-electron chi connectivity index (χ2n) is 5.20. The van der Waals surface area contributed by atoms with Crippen LogP contribution in [0.1, 0.15) is 32.1 Å². The molecule has 0 aromatic rings. The predicted octanol–water partition coefficient (Wildman–Crippen LogP) is 2.23. The number of halogens is 4. The molecule has 2 nitrogen and oxygen atoms in total. The van der Waals surface area contributed by atoms with Gasteiger partial charge in [0.05, 0.1) is 6.54 Å². The van der Waals surface area contributed by atoms with Crippen LogP contribution in [0.2, 0.25) is 0 Å². The highest BCUT2D eigenvalue weighted by atomic mass is 19.3. The van der Waals surface area contributed by atoms with Gasteiger partial charge in [-0.2, -0.15) is 8.78 Å². The Morgan fingerprint density at radius 1 is 1.18 bits per heavy atom. The molecule has 0 aromatic carbocycles. The van der Waals surface area contributed by atoms with Crippen molar-refractivity contribution in [2.45, 2.75) is 62.6 Å². The molecule has 2 unspecified atom stereocenters. The largest absolute Gasteiger partial charge is 0.328 e. The Kier molecular flexibility index (Phi) is 3.63. The van der Waals surface area contributed by atoms with Crippen LogP contribution in [-0.2, 0) is 0 Å². The summed E-state index contributed by atoms with van der Waals surface area (Å²) in [4.78, 5) is 1.57. The van der Waals surface area contributed by atoms with Gasteiger partial charge in [0, 0.05) is 18.1 Å². The van der Waals surface area contributed by atoms with Gasteiger partial charge in [-0.05, 0) is 25.7 Å². The zero-order valence-corrected chi connectivity index (χ0v) is 9.59. The van der Waals surface area contributed by atoms with Crippen LogP contribution >= 0.6 is 0 Å². The van der Waals surface area contributed by atoms with Crippen molar-refractivity contribution < 1.29 is 17.6 Å². The maximum atomic E-state index is 13.1. The summed E-state index contributed by atoms with van der Waals surface area (Å²) in [5, 5.41) is 0. The molecule has 6 heteroatoms. The average molecular weight is 254 g/mol. The fourth-order valence-electron chi connectivity index (χ4n) is 3.09. The van der Waals surface area contributed by atoms with Crippen LogP contribution in [0, 0.1) is 0 Å². The fraction of sp³-hybridized carbons (Fsp3) is 1.00. The van der Waals surface area contributed by atoms with Gasteiger partial charge >= 0.3 is 12.3 Å². The summed E-state index contributed by atoms with van der Waals surface area (Å²) in [6.45, 7) is -0.827. The molecule has 2 fully saturated rings. The number of hydrogen-bond donors (Lipinski definition) is 1. The topological polar surface area (TPSA) is 29.3 Å². The van der Waals surface area contributed by atoms with Crippen LogP contribution in [0.5, 0.6) is 0 Å². The van der Waals surface area contributed by atoms with Gasteiger partial charge in [-0.1, -0.05) is 6.42 Å². The summed E-state index contributed by atoms with van der Waals surface area (Å²) < 4.78 is 50.7. The van der Waals surface area contributed by atoms with Crippen molar-refractivity contribution in [1.29, 1.82) is 0 Å². The molecule has 2 rings (SSSR count). The minimum atomic E-state index is -3.91. The van der Waals surface area contributed by atoms with E-state index in [-0.39, 0.29) is 18.1 Å². The maximum absolute atomic E-state index is 13.1. The van der Waals surface area contributed by atoms with Crippen molar-refractivity contribution in [2.24, 2.45) is 5.73 Å². The minimum absolute atomic E-state index is 0.0294. The van der Waals surface area contributed by atoms with Crippen molar-refractivity contribution in [2.75, 3.05) is 6.54 Å². The van der Waals surface area contributed by atoms with Gasteiger partial charge in [-0.3, -0.25) is 4.90 Å². The third-order valence-corrected chi connectivity index (χ3v) is 3.88. The van der Waals surface area contributed by atoms with Gasteiger partial charge < -0.3 is 5.73 Å². The summed E-state index contributed by atoms with van der Waals surface area (Å²) in [5.74, 6) is -3.91. The Bertz CT molecular complexity index is 258. The third kappa shape index (κ3) is 2.73. The Hall–Kier alpha value is -0.360. The zero-order chi connectivity index (χ0) is 12.6. The smallest absolute Gasteiger partial charge is 0.319 e. The molecule has 2 N–H and O–H groups in total. The van der Waals surface area contributed by atoms with Crippen LogP contribution in [-0.4, -0.2) is 41.9 Å². The lowest BCUT2D eigenvalue weighted by molar-refractivity contribution is -0.159. The molecule has 0 radical (unpaired) electrons. The number of nitrogens with zero attached hydrogens (tertiary/aromatic N) is 1. The summed E-state index contributed by atoms with van der Waals surface area (Å²) >= 11 is 0. The molecular formula is C11H18F4N2. The number of hydrogen-bond acceptors (Lipinski definition) is 2. The molecule has 17 heavy (non-hydrogen) atoms. The van der Waals surface area contributed by atoms with Gasteiger partial charge in [-0.15, -0.1) is 0 Å². The Labute approximate surface area is 98.1 Å². The summed E-state index contributed by atoms with van der Waals surface area (Å²) in [6.07, 6.45) is 0.288. The van der Waals surface area contributed by atoms with E-state index in [1.54, 1.807) is 4.90 Å². The summed E-state index contributed by atoms with van der Waals surface area (Å²) in [6, 6.07) is -0.0500. The second kappa shape index (κ2) is 4.72. The number of rotatable bonds is 3. The maximum Gasteiger partial charge on any atom is 0.319 e. The van der Waals surface area contributed by atoms with Gasteiger partial charge in [0.2, 0.25) is 0 Å². The third-order valence-electron chi connectivity index (χ3n) is 3.88. The fourth-order valence-corrected chi connectivity index (χ4v) is 3.09. The highest BCUT2D eigenvalue weighted by Crippen LogP contribution is 2.36. The molecule has 2 atom stereocenters. The van der Waals surface area contributed by atoms with Crippen LogP contribution < -0.4 is 5.73 Å². The van der Waals surface area contributed by atoms with E-state index in [0.29, 0.717) is 12.8 Å². The minimum Gasteiger partial charge on any atom is -0.328 e. The van der Waals surface area contributed by atoms with Gasteiger partial charge in [0.1, 0.15) is 0 Å². The van der Waals surface area contributed by atoms with E-state index < -0.39 is 18.9 Å². The molecule has 0 aromatic heterocycles. The van der Waals surface area contributed by atoms with Crippen LogP contribution in [0.15, 0.2) is 0 Å². The Balaban J connectivity index is 2.05. The number of alkyl halides is 4. The molecule has 2 bridgehead atoms. The molecule has 2 aliphatic rings. The first-order valence-corrected chi connectivity index (χ1v) is 6.07. The van der Waals surface area contributed by atoms with Gasteiger partial charge in [0.25, 0.3) is 0 Å². The lowest BCUT2D eigenvalue weighted by Crippen LogP contribution is -2.58. The molecule has 2 heterocycles. The van der Waals surface area contributed by atoms with E-state index in [1.165, 1.54) is 0 Å². The van der Waals surface area contributed by atoms with Crippen molar-refractivity contribution in [3.8, 4) is 0 Å². The molecule has 0 aliphatic carbocycles. The van der Waals surface area contributed by atoms with Crippen LogP contribution in [0.25, 0.3) is 0 Å². The van der Waals surface area contributed by atoms with Crippen molar-refractivity contribution in [3.63, 3.8) is 0 Å². The average Bonchev–Trinajstić information content (AvgIpc) is 2.18. The normalized spacial score (nSPS) is 35.3. The highest BCUT2D eigenvalue weighted by molar-refractivity contribution is 4.95. The van der Waals surface area contributed by atoms with E-state index in [4.69, 9.17) is 5.73 Å². The van der Waals surface area contributed by atoms with Crippen LogP contribution in [0.4, 0.5) is 17.6 Å². The summed E-state index contributed by atoms with van der Waals surface area (Å²) in [7, 11) is 0. The molecule has 2 saturated heterocycles. The van der Waals surface area contributed by atoms with E-state index in [9.17, 15) is 17.6 Å². The standard InChI is InChI=1S/C11H18F4N2/c12-10(13)11(14,15)6-17-8-2-1-3-9(17)5-7(16)4-8/h7-10H,1-6,16H2. The van der Waals surface area contributed by atoms with Crippen molar-refractivity contribution in [3.05, 3.63) is 0 Å². The molecule has 0 spiro atoms. The lowest BCUT2D eigenvalue weighted by Gasteiger charge is -2.49. The molecule has 100 valence electrons. The van der Waals surface area contributed by atoms with Gasteiger partial charge in [-0.25, -0.2) is 8.78 Å². The van der Waals surface area contributed by atoms with Gasteiger partial charge in [0.15, 0.2) is 0 Å². The number of nitrogens with two attached hydrogens (primary N) is 1. The van der Waals surface area contributed by atoms with Crippen molar-refractivity contribution in [1.82, 2.24) is 4.90 Å². The summed E-state index contributed by atoms with van der Waals surface area (Å²) in [5.41, 5.74) is 5.85. The second-order valence-corrected chi connectivity index (χ2v) is 5.20. The zero-order valence-electron chi connectivity index (χ0n) is 9.59. The van der Waals surface area contributed by atoms with E-state index in [2.05, 4.69) is 0 Å². The number of piperidine rings is 2. The van der Waals surface area contributed by atoms with E-state index in [1.807, 2.05) is 0 Å². The Morgan fingerprint density at radius 2 is 1.71 bits per heavy atom. The lowest BCUT2D eigenvalue weighted by atomic mass is 9.82. The quantitative estimate of drug-likeness (QED) is 0.783. The van der Waals surface area contributed by atoms with E-state index >= 15 is 0 Å². The first-order valence-electron chi connectivity index (χ1n) is 6.07. The first-order chi connectivity index (χ1) is 7.90. The SMILES string of the molecule is NC1CC2CCCC(C1)N2CC(F)(F)C(F)F. The Morgan fingerprint density at radius 3 is 2.18 bits per heavy atom. The molecular weight excluding hydrogens is 236 g/mol. The monoisotopic (exact) mass is 254 g/mol. The van der Waals surface area contributed by atoms with E-state index in [0.717, 1.165) is 19.3 Å². The first kappa shape index (κ1) is 13.1. The predicted molar refractivity (Wildman–Crippen MR) is 56.3 cm³/mol. The highest BCUT2D eigenvalue weighted by Gasteiger charge is 2.47.